The second-order valence-electron chi connectivity index (χ2n) is 10.5. The Labute approximate surface area is 236 Å². The molecule has 0 N–H and O–H groups in total. The Morgan fingerprint density at radius 3 is 2.05 bits per heavy atom. The number of fused-ring (bicyclic) bond motifs is 7. The van der Waals surface area contributed by atoms with Gasteiger partial charge in [-0.1, -0.05) is 121 Å². The first-order valence-corrected chi connectivity index (χ1v) is 14.5. The highest BCUT2D eigenvalue weighted by Crippen LogP contribution is 2.50. The Balaban J connectivity index is 1.44. The van der Waals surface area contributed by atoms with Crippen molar-refractivity contribution in [1.29, 1.82) is 0 Å². The minimum atomic E-state index is 1.18. The average Bonchev–Trinajstić information content (AvgIpc) is 3.37. The molecule has 0 saturated carbocycles. The number of nitrogens with zero attached hydrogens (tertiary/aromatic N) is 1. The maximum Gasteiger partial charge on any atom is 0.0619 e. The fraction of sp³-hybridized carbons (Fsp3) is 0. The lowest BCUT2D eigenvalue weighted by Gasteiger charge is -2.22. The Kier molecular flexibility index (Phi) is 4.61. The molecule has 0 spiro atoms. The normalized spacial score (nSPS) is 12.4. The van der Waals surface area contributed by atoms with E-state index in [1.165, 1.54) is 81.1 Å². The third-order valence-corrected chi connectivity index (χ3v) is 9.52. The molecule has 0 unspecified atom stereocenters. The van der Waals surface area contributed by atoms with E-state index in [-0.39, 0.29) is 0 Å². The third kappa shape index (κ3) is 3.00. The summed E-state index contributed by atoms with van der Waals surface area (Å²) in [7, 11) is 0. The third-order valence-electron chi connectivity index (χ3n) is 8.38. The van der Waals surface area contributed by atoms with E-state index < -0.39 is 0 Å². The van der Waals surface area contributed by atoms with Crippen molar-refractivity contribution in [3.05, 3.63) is 140 Å². The van der Waals surface area contributed by atoms with Crippen molar-refractivity contribution < 1.29 is 0 Å². The zero-order valence-electron chi connectivity index (χ0n) is 21.6. The summed E-state index contributed by atoms with van der Waals surface area (Å²) in [6.45, 7) is 0. The largest absolute Gasteiger partial charge is 0.309 e. The molecule has 7 aromatic carbocycles. The van der Waals surface area contributed by atoms with Gasteiger partial charge in [0.2, 0.25) is 0 Å². The lowest BCUT2D eigenvalue weighted by molar-refractivity contribution is 1.18. The van der Waals surface area contributed by atoms with Gasteiger partial charge in [-0.25, -0.2) is 0 Å². The number of hydrogen-bond acceptors (Lipinski definition) is 1. The minimum Gasteiger partial charge on any atom is -0.309 e. The van der Waals surface area contributed by atoms with Gasteiger partial charge in [0.1, 0.15) is 0 Å². The van der Waals surface area contributed by atoms with Crippen molar-refractivity contribution in [2.45, 2.75) is 9.79 Å². The summed E-state index contributed by atoms with van der Waals surface area (Å²) in [5, 5.41) is 7.82. The zero-order valence-corrected chi connectivity index (χ0v) is 22.5. The molecular formula is C38H23NS. The molecule has 2 heteroatoms. The Morgan fingerprint density at radius 2 is 1.12 bits per heavy atom. The first-order chi connectivity index (χ1) is 19.9. The highest BCUT2D eigenvalue weighted by Gasteiger charge is 2.23. The van der Waals surface area contributed by atoms with Gasteiger partial charge in [-0.3, -0.25) is 0 Å². The molecule has 40 heavy (non-hydrogen) atoms. The van der Waals surface area contributed by atoms with E-state index in [0.717, 1.165) is 0 Å². The molecular weight excluding hydrogens is 502 g/mol. The molecule has 1 aliphatic rings. The van der Waals surface area contributed by atoms with Gasteiger partial charge in [0.05, 0.1) is 11.0 Å². The summed E-state index contributed by atoms with van der Waals surface area (Å²) in [5.74, 6) is 0. The van der Waals surface area contributed by atoms with Crippen LogP contribution < -0.4 is 0 Å². The molecule has 0 fully saturated rings. The molecule has 0 saturated heterocycles. The highest BCUT2D eigenvalue weighted by molar-refractivity contribution is 7.99. The number of hydrogen-bond donors (Lipinski definition) is 0. The van der Waals surface area contributed by atoms with Crippen LogP contribution in [0.15, 0.2) is 149 Å². The second kappa shape index (κ2) is 8.35. The maximum atomic E-state index is 2.46. The summed E-state index contributed by atoms with van der Waals surface area (Å²) in [4.78, 5) is 2.66. The molecule has 9 rings (SSSR count). The summed E-state index contributed by atoms with van der Waals surface area (Å²) in [6, 6.07) is 51.2. The first-order valence-electron chi connectivity index (χ1n) is 13.7. The minimum absolute atomic E-state index is 1.18. The van der Waals surface area contributed by atoms with Gasteiger partial charge in [0.15, 0.2) is 0 Å². The van der Waals surface area contributed by atoms with Crippen molar-refractivity contribution in [2.24, 2.45) is 0 Å². The summed E-state index contributed by atoms with van der Waals surface area (Å²) in [5.41, 5.74) is 8.85. The summed E-state index contributed by atoms with van der Waals surface area (Å²) < 4.78 is 2.46. The van der Waals surface area contributed by atoms with Crippen LogP contribution in [-0.4, -0.2) is 4.57 Å². The molecule has 0 atom stereocenters. The molecule has 1 nitrogen and oxygen atoms in total. The molecule has 0 radical (unpaired) electrons. The van der Waals surface area contributed by atoms with Crippen LogP contribution in [0.2, 0.25) is 0 Å². The Hall–Kier alpha value is -4.79. The van der Waals surface area contributed by atoms with Gasteiger partial charge in [0, 0.05) is 37.2 Å². The quantitative estimate of drug-likeness (QED) is 0.217. The Morgan fingerprint density at radius 1 is 0.400 bits per heavy atom. The topological polar surface area (TPSA) is 4.93 Å². The predicted molar refractivity (Wildman–Crippen MR) is 171 cm³/mol. The molecule has 1 aromatic heterocycles. The van der Waals surface area contributed by atoms with Crippen LogP contribution in [-0.2, 0) is 0 Å². The van der Waals surface area contributed by atoms with Gasteiger partial charge < -0.3 is 4.57 Å². The number of rotatable bonds is 2. The molecule has 0 aliphatic carbocycles. The molecule has 8 aromatic rings. The zero-order chi connectivity index (χ0) is 26.2. The number of benzene rings is 7. The van der Waals surface area contributed by atoms with Crippen LogP contribution in [0.3, 0.4) is 0 Å². The van der Waals surface area contributed by atoms with Crippen molar-refractivity contribution >= 4 is 55.1 Å². The van der Waals surface area contributed by atoms with Crippen LogP contribution in [0.1, 0.15) is 0 Å². The Bertz CT molecular complexity index is 2290. The fourth-order valence-corrected chi connectivity index (χ4v) is 7.84. The number of aromatic nitrogens is 1. The van der Waals surface area contributed by atoms with Crippen LogP contribution >= 0.6 is 11.8 Å². The molecule has 0 bridgehead atoms. The molecule has 186 valence electrons. The summed E-state index contributed by atoms with van der Waals surface area (Å²) in [6.07, 6.45) is 0. The van der Waals surface area contributed by atoms with Crippen molar-refractivity contribution in [3.63, 3.8) is 0 Å². The van der Waals surface area contributed by atoms with Crippen molar-refractivity contribution in [3.8, 4) is 27.9 Å². The van der Waals surface area contributed by atoms with E-state index in [0.29, 0.717) is 0 Å². The van der Waals surface area contributed by atoms with Crippen LogP contribution in [0.5, 0.6) is 0 Å². The lowest BCUT2D eigenvalue weighted by atomic mass is 9.91. The van der Waals surface area contributed by atoms with Gasteiger partial charge in [-0.2, -0.15) is 0 Å². The van der Waals surface area contributed by atoms with Crippen LogP contribution in [0.4, 0.5) is 0 Å². The molecule has 2 heterocycles. The van der Waals surface area contributed by atoms with E-state index in [1.54, 1.807) is 0 Å². The van der Waals surface area contributed by atoms with Gasteiger partial charge in [-0.05, 0) is 63.2 Å². The standard InChI is InChI=1S/C38H23NS/c1-2-11-25(12-3-1)39-33-22-20-24-10-4-5-13-26(24)36(33)32-18-9-17-31(38(32)39)27-21-23-35-37-29(27)15-8-16-30(37)28-14-6-7-19-34(28)40-35/h1-23H. The maximum absolute atomic E-state index is 2.46. The SMILES string of the molecule is c1ccc(-n2c3ccc4ccccc4c3c3cccc(-c4ccc5c6c(cccc46)-c4ccccc4S5)c32)cc1. The fourth-order valence-electron chi connectivity index (χ4n) is 6.71. The van der Waals surface area contributed by atoms with Crippen molar-refractivity contribution in [2.75, 3.05) is 0 Å². The monoisotopic (exact) mass is 525 g/mol. The van der Waals surface area contributed by atoms with Gasteiger partial charge >= 0.3 is 0 Å². The van der Waals surface area contributed by atoms with Crippen LogP contribution in [0.25, 0.3) is 71.3 Å². The molecule has 0 amide bonds. The van der Waals surface area contributed by atoms with Gasteiger partial charge in [0.25, 0.3) is 0 Å². The summed E-state index contributed by atoms with van der Waals surface area (Å²) >= 11 is 1.88. The lowest BCUT2D eigenvalue weighted by Crippen LogP contribution is -1.97. The van der Waals surface area contributed by atoms with Crippen LogP contribution in [0, 0.1) is 0 Å². The number of para-hydroxylation sites is 2. The van der Waals surface area contributed by atoms with E-state index in [2.05, 4.69) is 144 Å². The van der Waals surface area contributed by atoms with E-state index in [4.69, 9.17) is 0 Å². The molecule has 1 aliphatic heterocycles. The van der Waals surface area contributed by atoms with E-state index >= 15 is 0 Å². The smallest absolute Gasteiger partial charge is 0.0619 e. The average molecular weight is 526 g/mol. The van der Waals surface area contributed by atoms with E-state index in [1.807, 2.05) is 11.8 Å². The van der Waals surface area contributed by atoms with Crippen molar-refractivity contribution in [1.82, 2.24) is 4.57 Å². The van der Waals surface area contributed by atoms with Gasteiger partial charge in [-0.15, -0.1) is 0 Å². The second-order valence-corrected chi connectivity index (χ2v) is 11.6. The highest BCUT2D eigenvalue weighted by atomic mass is 32.2. The first kappa shape index (κ1) is 22.1. The van der Waals surface area contributed by atoms with E-state index in [9.17, 15) is 0 Å². The predicted octanol–water partition coefficient (Wildman–Crippen LogP) is 10.9.